The van der Waals surface area contributed by atoms with Crippen LogP contribution in [0.15, 0.2) is 18.2 Å². The molecule has 0 unspecified atom stereocenters. The van der Waals surface area contributed by atoms with Gasteiger partial charge in [-0.15, -0.1) is 0 Å². The molecule has 2 rings (SSSR count). The van der Waals surface area contributed by atoms with Gasteiger partial charge < -0.3 is 33.9 Å². The number of hydrogen-bond donors (Lipinski definition) is 2. The topological polar surface area (TPSA) is 181 Å². The molecule has 13 heteroatoms. The molecular weight excluding hydrogens is 470 g/mol. The average molecular weight is 493 g/mol. The molecule has 0 amide bonds. The van der Waals surface area contributed by atoms with E-state index in [0.29, 0.717) is 5.56 Å². The first-order valence-electron chi connectivity index (χ1n) is 9.89. The van der Waals surface area contributed by atoms with Gasteiger partial charge in [-0.25, -0.2) is 9.59 Å². The van der Waals surface area contributed by atoms with Gasteiger partial charge in [-0.05, 0) is 31.5 Å². The van der Waals surface area contributed by atoms with Crippen LogP contribution in [-0.2, 0) is 19.0 Å². The molecule has 0 bridgehead atoms. The smallest absolute Gasteiger partial charge is 0.349 e. The minimum Gasteiger partial charge on any atom is -0.507 e. The summed E-state index contributed by atoms with van der Waals surface area (Å²) in [7, 11) is 3.27. The molecule has 0 aliphatic heterocycles. The first-order chi connectivity index (χ1) is 16.5. The molecule has 2 aromatic carbocycles. The van der Waals surface area contributed by atoms with Crippen LogP contribution in [0.4, 0.5) is 5.69 Å². The van der Waals surface area contributed by atoms with Gasteiger partial charge >= 0.3 is 23.6 Å². The summed E-state index contributed by atoms with van der Waals surface area (Å²) in [4.78, 5) is 47.3. The number of esters is 3. The SMILES string of the molecule is COC(=O)c1c(Oc2cc(C)cc(O)c2C(=O)OC[C@H](C)C(=O)OC)c(OC)cc(O)c1[N+](=O)[O-]. The molecule has 0 saturated carbocycles. The highest BCUT2D eigenvalue weighted by atomic mass is 16.6. The van der Waals surface area contributed by atoms with Crippen molar-refractivity contribution in [2.75, 3.05) is 27.9 Å². The Labute approximate surface area is 198 Å². The van der Waals surface area contributed by atoms with Crippen LogP contribution in [0.25, 0.3) is 0 Å². The van der Waals surface area contributed by atoms with Crippen molar-refractivity contribution in [2.24, 2.45) is 5.92 Å². The molecule has 188 valence electrons. The molecule has 1 atom stereocenters. The lowest BCUT2D eigenvalue weighted by Gasteiger charge is -2.18. The molecule has 0 radical (unpaired) electrons. The molecule has 0 saturated heterocycles. The number of methoxy groups -OCH3 is 3. The number of aromatic hydroxyl groups is 2. The van der Waals surface area contributed by atoms with Crippen LogP contribution < -0.4 is 9.47 Å². The Hall–Kier alpha value is -4.55. The number of phenolic OH excluding ortho intramolecular Hbond substituents is 2. The number of nitro groups is 1. The summed E-state index contributed by atoms with van der Waals surface area (Å²) in [6.07, 6.45) is 0. The minimum atomic E-state index is -1.24. The van der Waals surface area contributed by atoms with Crippen LogP contribution in [0.2, 0.25) is 0 Å². The summed E-state index contributed by atoms with van der Waals surface area (Å²) < 4.78 is 25.1. The monoisotopic (exact) mass is 493 g/mol. The van der Waals surface area contributed by atoms with Crippen molar-refractivity contribution in [1.82, 2.24) is 0 Å². The molecule has 2 aromatic rings. The van der Waals surface area contributed by atoms with Gasteiger partial charge in [-0.1, -0.05) is 0 Å². The van der Waals surface area contributed by atoms with Crippen LogP contribution in [0.3, 0.4) is 0 Å². The fraction of sp³-hybridized carbons (Fsp3) is 0.318. The lowest BCUT2D eigenvalue weighted by molar-refractivity contribution is -0.386. The number of carbonyl (C=O) groups excluding carboxylic acids is 3. The lowest BCUT2D eigenvalue weighted by Crippen LogP contribution is -2.21. The first-order valence-corrected chi connectivity index (χ1v) is 9.89. The quantitative estimate of drug-likeness (QED) is 0.226. The summed E-state index contributed by atoms with van der Waals surface area (Å²) in [5.41, 5.74) is -1.92. The maximum Gasteiger partial charge on any atom is 0.349 e. The van der Waals surface area contributed by atoms with Crippen LogP contribution in [-0.4, -0.2) is 61.0 Å². The van der Waals surface area contributed by atoms with Gasteiger partial charge in [0.1, 0.15) is 23.7 Å². The predicted octanol–water partition coefficient (Wildman–Crippen LogP) is 2.87. The summed E-state index contributed by atoms with van der Waals surface area (Å²) in [5.74, 6) is -6.49. The van der Waals surface area contributed by atoms with Gasteiger partial charge in [0.2, 0.25) is 0 Å². The summed E-state index contributed by atoms with van der Waals surface area (Å²) in [6.45, 7) is 2.62. The fourth-order valence-corrected chi connectivity index (χ4v) is 3.02. The summed E-state index contributed by atoms with van der Waals surface area (Å²) in [5, 5.41) is 32.1. The Bertz CT molecular complexity index is 1170. The molecule has 0 spiro atoms. The van der Waals surface area contributed by atoms with Crippen molar-refractivity contribution < 1.29 is 53.2 Å². The number of nitro benzene ring substituents is 1. The highest BCUT2D eigenvalue weighted by molar-refractivity contribution is 6.00. The average Bonchev–Trinajstić information content (AvgIpc) is 2.80. The maximum atomic E-state index is 12.8. The molecule has 0 aromatic heterocycles. The van der Waals surface area contributed by atoms with Crippen molar-refractivity contribution in [1.29, 1.82) is 0 Å². The van der Waals surface area contributed by atoms with E-state index in [0.717, 1.165) is 20.3 Å². The van der Waals surface area contributed by atoms with Crippen LogP contribution >= 0.6 is 0 Å². The van der Waals surface area contributed by atoms with Gasteiger partial charge in [0.05, 0.1) is 32.2 Å². The Morgan fingerprint density at radius 2 is 1.63 bits per heavy atom. The van der Waals surface area contributed by atoms with E-state index < -0.39 is 62.8 Å². The molecule has 0 aliphatic rings. The Balaban J connectivity index is 2.66. The normalized spacial score (nSPS) is 11.2. The summed E-state index contributed by atoms with van der Waals surface area (Å²) >= 11 is 0. The number of benzene rings is 2. The molecule has 0 fully saturated rings. The van der Waals surface area contributed by atoms with Crippen LogP contribution in [0.1, 0.15) is 33.2 Å². The third-order valence-electron chi connectivity index (χ3n) is 4.70. The van der Waals surface area contributed by atoms with Crippen molar-refractivity contribution in [3.63, 3.8) is 0 Å². The zero-order valence-corrected chi connectivity index (χ0v) is 19.4. The van der Waals surface area contributed by atoms with E-state index >= 15 is 0 Å². The van der Waals surface area contributed by atoms with E-state index in [2.05, 4.69) is 9.47 Å². The van der Waals surface area contributed by atoms with E-state index in [9.17, 15) is 34.7 Å². The molecule has 0 heterocycles. The third-order valence-corrected chi connectivity index (χ3v) is 4.70. The molecule has 2 N–H and O–H groups in total. The largest absolute Gasteiger partial charge is 0.507 e. The highest BCUT2D eigenvalue weighted by Gasteiger charge is 2.35. The van der Waals surface area contributed by atoms with Crippen molar-refractivity contribution >= 4 is 23.6 Å². The minimum absolute atomic E-state index is 0.312. The zero-order valence-electron chi connectivity index (χ0n) is 19.4. The summed E-state index contributed by atoms with van der Waals surface area (Å²) in [6, 6.07) is 3.36. The van der Waals surface area contributed by atoms with Gasteiger partial charge in [0.25, 0.3) is 0 Å². The Morgan fingerprint density at radius 1 is 0.971 bits per heavy atom. The highest BCUT2D eigenvalue weighted by Crippen LogP contribution is 2.47. The molecule has 35 heavy (non-hydrogen) atoms. The predicted molar refractivity (Wildman–Crippen MR) is 117 cm³/mol. The number of nitrogens with zero attached hydrogens (tertiary/aromatic N) is 1. The van der Waals surface area contributed by atoms with E-state index in [-0.39, 0.29) is 18.1 Å². The number of phenols is 2. The zero-order chi connectivity index (χ0) is 26.4. The van der Waals surface area contributed by atoms with Crippen LogP contribution in [0, 0.1) is 23.0 Å². The third kappa shape index (κ3) is 5.69. The fourth-order valence-electron chi connectivity index (χ4n) is 3.02. The second kappa shape index (κ2) is 11.0. The van der Waals surface area contributed by atoms with E-state index in [1.165, 1.54) is 26.2 Å². The van der Waals surface area contributed by atoms with Gasteiger partial charge in [-0.3, -0.25) is 14.9 Å². The Kier molecular flexibility index (Phi) is 8.43. The standard InChI is InChI=1S/C22H23NO12/c1-10-6-12(24)16(22(28)34-9-11(2)20(26)32-4)14(7-10)35-19-15(31-3)8-13(25)18(23(29)30)17(19)21(27)33-5/h6-8,11,24-25H,9H2,1-5H3/t11-/m0/s1. The number of hydrogen-bond acceptors (Lipinski definition) is 12. The molecule has 0 aliphatic carbocycles. The lowest BCUT2D eigenvalue weighted by atomic mass is 10.1. The van der Waals surface area contributed by atoms with E-state index in [1.807, 2.05) is 0 Å². The maximum absolute atomic E-state index is 12.8. The van der Waals surface area contributed by atoms with Crippen molar-refractivity contribution in [2.45, 2.75) is 13.8 Å². The van der Waals surface area contributed by atoms with E-state index in [4.69, 9.17) is 14.2 Å². The van der Waals surface area contributed by atoms with Crippen LogP contribution in [0.5, 0.6) is 28.7 Å². The van der Waals surface area contributed by atoms with Crippen molar-refractivity contribution in [3.05, 3.63) is 45.0 Å². The van der Waals surface area contributed by atoms with Crippen molar-refractivity contribution in [3.8, 4) is 28.7 Å². The first kappa shape index (κ1) is 26.7. The molecular formula is C22H23NO12. The van der Waals surface area contributed by atoms with E-state index in [1.54, 1.807) is 6.92 Å². The second-order valence-corrected chi connectivity index (χ2v) is 7.18. The second-order valence-electron chi connectivity index (χ2n) is 7.18. The van der Waals surface area contributed by atoms with Gasteiger partial charge in [0, 0.05) is 6.07 Å². The number of ether oxygens (including phenoxy) is 5. The number of carbonyl (C=O) groups is 3. The number of aryl methyl sites for hydroxylation is 1. The molecule has 13 nitrogen and oxygen atoms in total. The van der Waals surface area contributed by atoms with Gasteiger partial charge in [-0.2, -0.15) is 0 Å². The van der Waals surface area contributed by atoms with Gasteiger partial charge in [0.15, 0.2) is 22.8 Å². The Morgan fingerprint density at radius 3 is 2.17 bits per heavy atom. The number of rotatable bonds is 9.